The van der Waals surface area contributed by atoms with Crippen LogP contribution in [0.2, 0.25) is 0 Å². The Labute approximate surface area is 191 Å². The second-order valence-corrected chi connectivity index (χ2v) is 7.20. The quantitative estimate of drug-likeness (QED) is 0.408. The van der Waals surface area contributed by atoms with Crippen molar-refractivity contribution in [2.24, 2.45) is 0 Å². The lowest BCUT2D eigenvalue weighted by Crippen LogP contribution is -2.24. The van der Waals surface area contributed by atoms with Gasteiger partial charge in [-0.05, 0) is 42.0 Å². The number of rotatable bonds is 9. The Bertz CT molecular complexity index is 1200. The minimum atomic E-state index is -0.256. The van der Waals surface area contributed by atoms with E-state index in [1.165, 1.54) is 0 Å². The van der Waals surface area contributed by atoms with Crippen LogP contribution in [0.4, 0.5) is 11.5 Å². The lowest BCUT2D eigenvalue weighted by Gasteiger charge is -2.10. The topological polar surface area (TPSA) is 103 Å². The van der Waals surface area contributed by atoms with Gasteiger partial charge in [-0.25, -0.2) is 9.67 Å². The van der Waals surface area contributed by atoms with Gasteiger partial charge in [-0.3, -0.25) is 4.79 Å². The van der Waals surface area contributed by atoms with Gasteiger partial charge in [-0.2, -0.15) is 0 Å². The van der Waals surface area contributed by atoms with Gasteiger partial charge in [0.05, 0.1) is 39.1 Å². The molecule has 2 N–H and O–H groups in total. The van der Waals surface area contributed by atoms with Crippen LogP contribution in [0.25, 0.3) is 0 Å². The van der Waals surface area contributed by atoms with E-state index in [1.54, 1.807) is 43.4 Å². The Hall–Kier alpha value is -4.40. The van der Waals surface area contributed by atoms with Gasteiger partial charge in [0.25, 0.3) is 5.91 Å². The van der Waals surface area contributed by atoms with E-state index in [0.29, 0.717) is 35.1 Å². The van der Waals surface area contributed by atoms with Crippen molar-refractivity contribution in [1.29, 1.82) is 0 Å². The van der Waals surface area contributed by atoms with Gasteiger partial charge in [0.15, 0.2) is 0 Å². The molecule has 1 amide bonds. The predicted octanol–water partition coefficient (Wildman–Crippen LogP) is 3.41. The van der Waals surface area contributed by atoms with Crippen LogP contribution < -0.4 is 20.1 Å². The standard InChI is InChI=1S/C24H24N6O3/c1-32-20-11-17(12-21(13-20)33-2)15-30-16-19(28-29-30)14-26-24(31)22-9-6-10-25-23(22)27-18-7-4-3-5-8-18/h3-13,16H,14-15H2,1-2H3,(H,25,27)(H,26,31). The zero-order valence-corrected chi connectivity index (χ0v) is 18.4. The summed E-state index contributed by atoms with van der Waals surface area (Å²) in [6.45, 7) is 0.724. The Morgan fingerprint density at radius 2 is 1.76 bits per heavy atom. The number of methoxy groups -OCH3 is 2. The second kappa shape index (κ2) is 10.3. The van der Waals surface area contributed by atoms with Gasteiger partial charge in [0.1, 0.15) is 23.0 Å². The van der Waals surface area contributed by atoms with Crippen molar-refractivity contribution in [1.82, 2.24) is 25.3 Å². The lowest BCUT2D eigenvalue weighted by atomic mass is 10.2. The Kier molecular flexibility index (Phi) is 6.79. The summed E-state index contributed by atoms with van der Waals surface area (Å²) in [5.41, 5.74) is 2.89. The molecule has 0 aliphatic heterocycles. The molecule has 0 saturated carbocycles. The van der Waals surface area contributed by atoms with Crippen LogP contribution in [0.1, 0.15) is 21.6 Å². The van der Waals surface area contributed by atoms with Crippen LogP contribution in [0.15, 0.2) is 73.1 Å². The fourth-order valence-electron chi connectivity index (χ4n) is 3.25. The highest BCUT2D eigenvalue weighted by Gasteiger charge is 2.13. The summed E-state index contributed by atoms with van der Waals surface area (Å²) < 4.78 is 12.3. The highest BCUT2D eigenvalue weighted by molar-refractivity contribution is 5.99. The molecular formula is C24H24N6O3. The molecular weight excluding hydrogens is 420 g/mol. The predicted molar refractivity (Wildman–Crippen MR) is 124 cm³/mol. The van der Waals surface area contributed by atoms with Gasteiger partial charge in [-0.15, -0.1) is 5.10 Å². The highest BCUT2D eigenvalue weighted by atomic mass is 16.5. The van der Waals surface area contributed by atoms with E-state index in [-0.39, 0.29) is 12.5 Å². The first kappa shape index (κ1) is 21.8. The molecule has 0 saturated heterocycles. The molecule has 33 heavy (non-hydrogen) atoms. The van der Waals surface area contributed by atoms with Crippen LogP contribution >= 0.6 is 0 Å². The molecule has 0 unspecified atom stereocenters. The second-order valence-electron chi connectivity index (χ2n) is 7.20. The molecule has 0 spiro atoms. The maximum atomic E-state index is 12.8. The number of hydrogen-bond acceptors (Lipinski definition) is 7. The third-order valence-corrected chi connectivity index (χ3v) is 4.86. The molecule has 0 aliphatic rings. The van der Waals surface area contributed by atoms with Crippen molar-refractivity contribution in [3.05, 3.63) is 89.9 Å². The molecule has 2 heterocycles. The molecule has 2 aromatic carbocycles. The lowest BCUT2D eigenvalue weighted by molar-refractivity contribution is 0.0951. The Morgan fingerprint density at radius 3 is 2.48 bits per heavy atom. The van der Waals surface area contributed by atoms with Crippen molar-refractivity contribution >= 4 is 17.4 Å². The van der Waals surface area contributed by atoms with Gasteiger partial charge in [0.2, 0.25) is 0 Å². The molecule has 4 rings (SSSR count). The summed E-state index contributed by atoms with van der Waals surface area (Å²) in [6, 6.07) is 18.7. The summed E-state index contributed by atoms with van der Waals surface area (Å²) in [7, 11) is 3.22. The van der Waals surface area contributed by atoms with Crippen molar-refractivity contribution in [3.8, 4) is 11.5 Å². The number of carbonyl (C=O) groups excluding carboxylic acids is 1. The molecule has 0 atom stereocenters. The maximum absolute atomic E-state index is 12.8. The van der Waals surface area contributed by atoms with E-state index in [4.69, 9.17) is 9.47 Å². The molecule has 168 valence electrons. The van der Waals surface area contributed by atoms with Gasteiger partial charge >= 0.3 is 0 Å². The van der Waals surface area contributed by atoms with Gasteiger partial charge < -0.3 is 20.1 Å². The number of nitrogens with zero attached hydrogens (tertiary/aromatic N) is 4. The third-order valence-electron chi connectivity index (χ3n) is 4.86. The SMILES string of the molecule is COc1cc(Cn2cc(CNC(=O)c3cccnc3Nc3ccccc3)nn2)cc(OC)c1. The number of para-hydroxylation sites is 1. The number of nitrogens with one attached hydrogen (secondary N) is 2. The van der Waals surface area contributed by atoms with Crippen molar-refractivity contribution in [2.45, 2.75) is 13.1 Å². The van der Waals surface area contributed by atoms with E-state index in [1.807, 2.05) is 48.5 Å². The van der Waals surface area contributed by atoms with E-state index < -0.39 is 0 Å². The highest BCUT2D eigenvalue weighted by Crippen LogP contribution is 2.23. The van der Waals surface area contributed by atoms with Crippen LogP contribution in [0.5, 0.6) is 11.5 Å². The fraction of sp³-hybridized carbons (Fsp3) is 0.167. The monoisotopic (exact) mass is 444 g/mol. The summed E-state index contributed by atoms with van der Waals surface area (Å²) in [5, 5.41) is 14.4. The van der Waals surface area contributed by atoms with E-state index in [2.05, 4.69) is 25.9 Å². The van der Waals surface area contributed by atoms with E-state index in [9.17, 15) is 4.79 Å². The summed E-state index contributed by atoms with van der Waals surface area (Å²) in [6.07, 6.45) is 3.43. The largest absolute Gasteiger partial charge is 0.497 e. The van der Waals surface area contributed by atoms with Crippen molar-refractivity contribution < 1.29 is 14.3 Å². The molecule has 9 nitrogen and oxygen atoms in total. The Morgan fingerprint density at radius 1 is 1.00 bits per heavy atom. The summed E-state index contributed by atoms with van der Waals surface area (Å²) in [4.78, 5) is 17.1. The summed E-state index contributed by atoms with van der Waals surface area (Å²) >= 11 is 0. The molecule has 0 radical (unpaired) electrons. The smallest absolute Gasteiger partial charge is 0.255 e. The molecule has 0 bridgehead atoms. The fourth-order valence-corrected chi connectivity index (χ4v) is 3.25. The molecule has 2 aromatic heterocycles. The number of anilines is 2. The van der Waals surface area contributed by atoms with E-state index in [0.717, 1.165) is 11.3 Å². The molecule has 0 aliphatic carbocycles. The van der Waals surface area contributed by atoms with Gasteiger partial charge in [0, 0.05) is 18.0 Å². The van der Waals surface area contributed by atoms with Crippen LogP contribution in [-0.2, 0) is 13.1 Å². The zero-order chi connectivity index (χ0) is 23.0. The number of hydrogen-bond donors (Lipinski definition) is 2. The first-order valence-electron chi connectivity index (χ1n) is 10.3. The van der Waals surface area contributed by atoms with Crippen LogP contribution in [0, 0.1) is 0 Å². The minimum Gasteiger partial charge on any atom is -0.497 e. The van der Waals surface area contributed by atoms with Crippen LogP contribution in [0.3, 0.4) is 0 Å². The normalized spacial score (nSPS) is 10.5. The van der Waals surface area contributed by atoms with Crippen LogP contribution in [-0.4, -0.2) is 40.1 Å². The number of ether oxygens (including phenoxy) is 2. The Balaban J connectivity index is 1.40. The maximum Gasteiger partial charge on any atom is 0.255 e. The van der Waals surface area contributed by atoms with Gasteiger partial charge in [-0.1, -0.05) is 23.4 Å². The van der Waals surface area contributed by atoms with Crippen molar-refractivity contribution in [3.63, 3.8) is 0 Å². The first-order chi connectivity index (χ1) is 16.1. The number of carbonyl (C=O) groups is 1. The average Bonchev–Trinajstić information content (AvgIpc) is 3.30. The molecule has 0 fully saturated rings. The van der Waals surface area contributed by atoms with E-state index >= 15 is 0 Å². The minimum absolute atomic E-state index is 0.236. The average molecular weight is 444 g/mol. The number of benzene rings is 2. The molecule has 4 aromatic rings. The first-order valence-corrected chi connectivity index (χ1v) is 10.3. The third kappa shape index (κ3) is 5.65. The number of pyridine rings is 1. The number of amides is 1. The molecule has 9 heteroatoms. The number of aromatic nitrogens is 4. The van der Waals surface area contributed by atoms with Crippen molar-refractivity contribution in [2.75, 3.05) is 19.5 Å². The zero-order valence-electron chi connectivity index (χ0n) is 18.4. The summed E-state index contributed by atoms with van der Waals surface area (Å²) in [5.74, 6) is 1.63.